The van der Waals surface area contributed by atoms with Gasteiger partial charge < -0.3 is 4.90 Å². The highest BCUT2D eigenvalue weighted by molar-refractivity contribution is 7.92. The summed E-state index contributed by atoms with van der Waals surface area (Å²) >= 11 is 0. The number of benzene rings is 1. The molecule has 142 valence electrons. The molecule has 1 atom stereocenters. The van der Waals surface area contributed by atoms with Crippen LogP contribution in [0.5, 0.6) is 0 Å². The Morgan fingerprint density at radius 3 is 2.60 bits per heavy atom. The fourth-order valence-electron chi connectivity index (χ4n) is 3.56. The first-order valence-electron chi connectivity index (χ1n) is 9.76. The van der Waals surface area contributed by atoms with Crippen LogP contribution in [0.2, 0.25) is 0 Å². The summed E-state index contributed by atoms with van der Waals surface area (Å²) in [4.78, 5) is 2.60. The molecule has 2 rings (SSSR count). The molecule has 1 N–H and O–H groups in total. The van der Waals surface area contributed by atoms with E-state index < -0.39 is 10.0 Å². The van der Waals surface area contributed by atoms with Gasteiger partial charge in [0.25, 0.3) is 0 Å². The van der Waals surface area contributed by atoms with Crippen LogP contribution >= 0.6 is 0 Å². The molecule has 0 aliphatic carbocycles. The van der Waals surface area contributed by atoms with Gasteiger partial charge in [0.05, 0.1) is 5.75 Å². The molecule has 1 aromatic rings. The maximum Gasteiger partial charge on any atom is 0.232 e. The first kappa shape index (κ1) is 20.2. The predicted molar refractivity (Wildman–Crippen MR) is 107 cm³/mol. The maximum absolute atomic E-state index is 11.8. The lowest BCUT2D eigenvalue weighted by Crippen LogP contribution is -2.33. The third-order valence-electron chi connectivity index (χ3n) is 5.41. The van der Waals surface area contributed by atoms with Crippen LogP contribution in [-0.4, -0.2) is 38.7 Å². The number of rotatable bonds is 9. The highest BCUT2D eigenvalue weighted by Crippen LogP contribution is 2.27. The van der Waals surface area contributed by atoms with E-state index in [0.717, 1.165) is 18.8 Å². The van der Waals surface area contributed by atoms with Crippen molar-refractivity contribution in [3.8, 4) is 0 Å². The lowest BCUT2D eigenvalue weighted by atomic mass is 9.91. The summed E-state index contributed by atoms with van der Waals surface area (Å²) in [6.45, 7) is 9.90. The van der Waals surface area contributed by atoms with Gasteiger partial charge in [-0.3, -0.25) is 4.72 Å². The van der Waals surface area contributed by atoms with Crippen LogP contribution < -0.4 is 4.72 Å². The molecule has 0 spiro atoms. The topological polar surface area (TPSA) is 49.4 Å². The van der Waals surface area contributed by atoms with E-state index in [1.165, 1.54) is 44.5 Å². The summed E-state index contributed by atoms with van der Waals surface area (Å²) < 4.78 is 26.2. The Kier molecular flexibility index (Phi) is 7.76. The summed E-state index contributed by atoms with van der Waals surface area (Å²) in [5.74, 6) is 1.48. The van der Waals surface area contributed by atoms with Gasteiger partial charge in [-0.1, -0.05) is 26.0 Å². The first-order valence-corrected chi connectivity index (χ1v) is 11.4. The highest BCUT2D eigenvalue weighted by Gasteiger charge is 2.16. The molecular formula is C20H34N2O2S. The van der Waals surface area contributed by atoms with Crippen molar-refractivity contribution >= 4 is 15.7 Å². The fourth-order valence-corrected chi connectivity index (χ4v) is 4.19. The van der Waals surface area contributed by atoms with Gasteiger partial charge in [0.2, 0.25) is 10.0 Å². The molecule has 1 aromatic carbocycles. The molecule has 1 fully saturated rings. The van der Waals surface area contributed by atoms with Gasteiger partial charge in [0, 0.05) is 5.69 Å². The van der Waals surface area contributed by atoms with Crippen LogP contribution in [0.25, 0.3) is 0 Å². The van der Waals surface area contributed by atoms with E-state index in [2.05, 4.69) is 29.5 Å². The van der Waals surface area contributed by atoms with Crippen LogP contribution in [0.1, 0.15) is 64.4 Å². The first-order chi connectivity index (χ1) is 11.9. The van der Waals surface area contributed by atoms with E-state index in [1.54, 1.807) is 6.92 Å². The van der Waals surface area contributed by atoms with Crippen molar-refractivity contribution in [3.63, 3.8) is 0 Å². The van der Waals surface area contributed by atoms with Crippen molar-refractivity contribution in [1.29, 1.82) is 0 Å². The van der Waals surface area contributed by atoms with Crippen molar-refractivity contribution in [2.75, 3.05) is 30.1 Å². The number of nitrogens with one attached hydrogen (secondary N) is 1. The van der Waals surface area contributed by atoms with Crippen molar-refractivity contribution in [2.45, 2.75) is 58.8 Å². The Balaban J connectivity index is 1.89. The predicted octanol–water partition coefficient (Wildman–Crippen LogP) is 4.45. The number of anilines is 1. The molecule has 25 heavy (non-hydrogen) atoms. The zero-order valence-corrected chi connectivity index (χ0v) is 16.8. The average Bonchev–Trinajstić information content (AvgIpc) is 2.60. The van der Waals surface area contributed by atoms with Gasteiger partial charge in [0.15, 0.2) is 0 Å². The number of nitrogens with zero attached hydrogens (tertiary/aromatic N) is 1. The Morgan fingerprint density at radius 1 is 1.24 bits per heavy atom. The minimum absolute atomic E-state index is 0.100. The summed E-state index contributed by atoms with van der Waals surface area (Å²) in [7, 11) is -3.21. The van der Waals surface area contributed by atoms with Gasteiger partial charge in [-0.25, -0.2) is 8.42 Å². The zero-order chi connectivity index (χ0) is 18.3. The second-order valence-corrected chi connectivity index (χ2v) is 9.41. The number of sulfonamides is 1. The van der Waals surface area contributed by atoms with Crippen molar-refractivity contribution < 1.29 is 8.42 Å². The second-order valence-electron chi connectivity index (χ2n) is 7.40. The van der Waals surface area contributed by atoms with Gasteiger partial charge in [-0.15, -0.1) is 0 Å². The third kappa shape index (κ3) is 6.63. The maximum atomic E-state index is 11.8. The SMILES string of the molecule is CCC(CCCN1CCC(C)CC1)c1cccc(NS(=O)(=O)CC)c1. The van der Waals surface area contributed by atoms with Gasteiger partial charge >= 0.3 is 0 Å². The fraction of sp³-hybridized carbons (Fsp3) is 0.700. The van der Waals surface area contributed by atoms with Crippen LogP contribution in [-0.2, 0) is 10.0 Å². The number of likely N-dealkylation sites (tertiary alicyclic amines) is 1. The number of hydrogen-bond acceptors (Lipinski definition) is 3. The van der Waals surface area contributed by atoms with Crippen molar-refractivity contribution in [2.24, 2.45) is 5.92 Å². The molecule has 4 nitrogen and oxygen atoms in total. The molecular weight excluding hydrogens is 332 g/mol. The van der Waals surface area contributed by atoms with E-state index in [0.29, 0.717) is 11.6 Å². The average molecular weight is 367 g/mol. The molecule has 0 amide bonds. The molecule has 0 radical (unpaired) electrons. The van der Waals surface area contributed by atoms with Crippen molar-refractivity contribution in [1.82, 2.24) is 4.90 Å². The monoisotopic (exact) mass is 366 g/mol. The van der Waals surface area contributed by atoms with Gasteiger partial charge in [0.1, 0.15) is 0 Å². The molecule has 1 aliphatic heterocycles. The zero-order valence-electron chi connectivity index (χ0n) is 16.0. The Labute approximate surface area is 154 Å². The molecule has 0 saturated carbocycles. The number of hydrogen-bond donors (Lipinski definition) is 1. The summed E-state index contributed by atoms with van der Waals surface area (Å²) in [5, 5.41) is 0. The lowest BCUT2D eigenvalue weighted by molar-refractivity contribution is 0.188. The highest BCUT2D eigenvalue weighted by atomic mass is 32.2. The number of piperidine rings is 1. The quantitative estimate of drug-likeness (QED) is 0.702. The van der Waals surface area contributed by atoms with E-state index in [-0.39, 0.29) is 5.75 Å². The Morgan fingerprint density at radius 2 is 1.96 bits per heavy atom. The van der Waals surface area contributed by atoms with Gasteiger partial charge in [-0.05, 0) is 88.2 Å². The van der Waals surface area contributed by atoms with E-state index in [9.17, 15) is 8.42 Å². The summed E-state index contributed by atoms with van der Waals surface area (Å²) in [6.07, 6.45) is 6.11. The molecule has 0 bridgehead atoms. The minimum atomic E-state index is -3.21. The van der Waals surface area contributed by atoms with E-state index >= 15 is 0 Å². The van der Waals surface area contributed by atoms with Crippen molar-refractivity contribution in [3.05, 3.63) is 29.8 Å². The second kappa shape index (κ2) is 9.58. The lowest BCUT2D eigenvalue weighted by Gasteiger charge is -2.30. The van der Waals surface area contributed by atoms with E-state index in [1.807, 2.05) is 18.2 Å². The van der Waals surface area contributed by atoms with Crippen LogP contribution in [0, 0.1) is 5.92 Å². The Bertz CT molecular complexity index is 622. The summed E-state index contributed by atoms with van der Waals surface area (Å²) in [5.41, 5.74) is 1.92. The Hall–Kier alpha value is -1.07. The molecule has 0 aromatic heterocycles. The van der Waals surface area contributed by atoms with Crippen LogP contribution in [0.3, 0.4) is 0 Å². The van der Waals surface area contributed by atoms with Gasteiger partial charge in [-0.2, -0.15) is 0 Å². The smallest absolute Gasteiger partial charge is 0.232 e. The minimum Gasteiger partial charge on any atom is -0.303 e. The largest absolute Gasteiger partial charge is 0.303 e. The molecule has 1 aliphatic rings. The van der Waals surface area contributed by atoms with E-state index in [4.69, 9.17) is 0 Å². The third-order valence-corrected chi connectivity index (χ3v) is 6.71. The molecule has 5 heteroatoms. The summed E-state index contributed by atoms with van der Waals surface area (Å²) in [6, 6.07) is 7.92. The molecule has 1 heterocycles. The standard InChI is InChI=1S/C20H34N2O2S/c1-4-18(9-7-13-22-14-11-17(3)12-15-22)19-8-6-10-20(16-19)21-25(23,24)5-2/h6,8,10,16-18,21H,4-5,7,9,11-15H2,1-3H3. The normalized spacial score (nSPS) is 18.2. The van der Waals surface area contributed by atoms with Crippen LogP contribution in [0.4, 0.5) is 5.69 Å². The molecule has 1 saturated heterocycles. The molecule has 1 unspecified atom stereocenters. The van der Waals surface area contributed by atoms with Crippen LogP contribution in [0.15, 0.2) is 24.3 Å².